The normalized spacial score (nSPS) is 13.6. The predicted octanol–water partition coefficient (Wildman–Crippen LogP) is 4.06. The molecule has 0 aliphatic heterocycles. The Kier molecular flexibility index (Phi) is 7.18. The lowest BCUT2D eigenvalue weighted by molar-refractivity contribution is -0.148. The number of alkyl carbamates (subject to hydrolysis) is 1. The van der Waals surface area contributed by atoms with Crippen LogP contribution in [-0.4, -0.2) is 41.3 Å². The number of aliphatic carboxylic acids is 1. The Hall–Kier alpha value is -3.35. The van der Waals surface area contributed by atoms with Crippen LogP contribution in [0.15, 0.2) is 48.5 Å². The fourth-order valence-electron chi connectivity index (χ4n) is 4.24. The summed E-state index contributed by atoms with van der Waals surface area (Å²) in [6, 6.07) is 15.2. The Labute approximate surface area is 188 Å². The van der Waals surface area contributed by atoms with Gasteiger partial charge in [0.25, 0.3) is 0 Å². The smallest absolute Gasteiger partial charge is 0.407 e. The van der Waals surface area contributed by atoms with Gasteiger partial charge in [-0.3, -0.25) is 4.79 Å². The van der Waals surface area contributed by atoms with Crippen LogP contribution in [0.2, 0.25) is 0 Å². The van der Waals surface area contributed by atoms with Crippen LogP contribution >= 0.6 is 0 Å². The van der Waals surface area contributed by atoms with Crippen molar-refractivity contribution < 1.29 is 24.2 Å². The average Bonchev–Trinajstić information content (AvgIpc) is 3.13. The molecule has 0 heterocycles. The van der Waals surface area contributed by atoms with Crippen molar-refractivity contribution >= 4 is 18.0 Å². The standard InChI is InChI=1S/C25H30N2O5/c1-4-21(22(28)27-25(5-2,6-3)23(29)30)26-24(31)32-15-20-18-13-9-7-11-16(18)17-12-8-10-14-19(17)20/h7-14,20-21H,4-6,15H2,1-3H3,(H,26,31)(H,27,28)(H,29,30)/t21-/m1/s1. The molecule has 0 radical (unpaired) electrons. The Morgan fingerprint density at radius 3 is 1.97 bits per heavy atom. The van der Waals surface area contributed by atoms with Gasteiger partial charge in [0.2, 0.25) is 5.91 Å². The largest absolute Gasteiger partial charge is 0.480 e. The predicted molar refractivity (Wildman–Crippen MR) is 121 cm³/mol. The minimum atomic E-state index is -1.35. The number of nitrogens with one attached hydrogen (secondary N) is 2. The van der Waals surface area contributed by atoms with E-state index in [2.05, 4.69) is 22.8 Å². The van der Waals surface area contributed by atoms with Gasteiger partial charge in [0.05, 0.1) is 0 Å². The molecule has 0 spiro atoms. The van der Waals surface area contributed by atoms with Crippen molar-refractivity contribution in [3.05, 3.63) is 59.7 Å². The SMILES string of the molecule is CC[C@@H](NC(=O)OCC1c2ccccc2-c2ccccc21)C(=O)NC(CC)(CC)C(=O)O. The van der Waals surface area contributed by atoms with Crippen LogP contribution in [0.25, 0.3) is 11.1 Å². The highest BCUT2D eigenvalue weighted by Crippen LogP contribution is 2.44. The molecule has 7 heteroatoms. The minimum Gasteiger partial charge on any atom is -0.480 e. The number of benzene rings is 2. The number of carbonyl (C=O) groups excluding carboxylic acids is 2. The van der Waals surface area contributed by atoms with Crippen molar-refractivity contribution in [1.29, 1.82) is 0 Å². The summed E-state index contributed by atoms with van der Waals surface area (Å²) in [5, 5.41) is 14.7. The van der Waals surface area contributed by atoms with E-state index in [1.165, 1.54) is 0 Å². The zero-order valence-corrected chi connectivity index (χ0v) is 18.7. The van der Waals surface area contributed by atoms with Gasteiger partial charge in [0.15, 0.2) is 0 Å². The summed E-state index contributed by atoms with van der Waals surface area (Å²) < 4.78 is 5.51. The van der Waals surface area contributed by atoms with Gasteiger partial charge in [-0.1, -0.05) is 69.3 Å². The summed E-state index contributed by atoms with van der Waals surface area (Å²) in [4.78, 5) is 36.9. The van der Waals surface area contributed by atoms with E-state index in [0.717, 1.165) is 22.3 Å². The van der Waals surface area contributed by atoms with E-state index in [-0.39, 0.29) is 25.4 Å². The van der Waals surface area contributed by atoms with Crippen molar-refractivity contribution in [1.82, 2.24) is 10.6 Å². The van der Waals surface area contributed by atoms with Gasteiger partial charge in [0.1, 0.15) is 18.2 Å². The third kappa shape index (κ3) is 4.47. The lowest BCUT2D eigenvalue weighted by atomic mass is 9.92. The number of carbonyl (C=O) groups is 3. The quantitative estimate of drug-likeness (QED) is 0.548. The summed E-state index contributed by atoms with van der Waals surface area (Å²) in [6.45, 7) is 5.30. The van der Waals surface area contributed by atoms with E-state index < -0.39 is 29.6 Å². The van der Waals surface area contributed by atoms with Gasteiger partial charge in [-0.2, -0.15) is 0 Å². The van der Waals surface area contributed by atoms with E-state index >= 15 is 0 Å². The molecule has 3 N–H and O–H groups in total. The highest BCUT2D eigenvalue weighted by molar-refractivity contribution is 5.91. The maximum atomic E-state index is 12.7. The second-order valence-corrected chi connectivity index (χ2v) is 8.01. The molecule has 0 saturated carbocycles. The molecular weight excluding hydrogens is 408 g/mol. The summed E-state index contributed by atoms with van der Waals surface area (Å²) in [6.07, 6.45) is 0.0830. The first-order valence-corrected chi connectivity index (χ1v) is 11.0. The number of ether oxygens (including phenoxy) is 1. The van der Waals surface area contributed by atoms with Crippen molar-refractivity contribution in [2.75, 3.05) is 6.61 Å². The Morgan fingerprint density at radius 2 is 1.50 bits per heavy atom. The third-order valence-electron chi connectivity index (χ3n) is 6.34. The lowest BCUT2D eigenvalue weighted by Gasteiger charge is -2.30. The topological polar surface area (TPSA) is 105 Å². The average molecular weight is 439 g/mol. The van der Waals surface area contributed by atoms with Crippen LogP contribution in [0.3, 0.4) is 0 Å². The Balaban J connectivity index is 1.65. The van der Waals surface area contributed by atoms with Gasteiger partial charge in [0, 0.05) is 5.92 Å². The zero-order chi connectivity index (χ0) is 23.3. The first-order chi connectivity index (χ1) is 15.4. The number of hydrogen-bond donors (Lipinski definition) is 3. The molecule has 170 valence electrons. The number of hydrogen-bond acceptors (Lipinski definition) is 4. The highest BCUT2D eigenvalue weighted by atomic mass is 16.5. The summed E-state index contributed by atoms with van der Waals surface area (Å²) >= 11 is 0. The summed E-state index contributed by atoms with van der Waals surface area (Å²) in [5.41, 5.74) is 3.11. The van der Waals surface area contributed by atoms with Crippen LogP contribution in [0, 0.1) is 0 Å². The van der Waals surface area contributed by atoms with E-state index in [9.17, 15) is 19.5 Å². The number of rotatable bonds is 9. The number of carboxylic acids is 1. The van der Waals surface area contributed by atoms with Gasteiger partial charge in [-0.15, -0.1) is 0 Å². The molecule has 1 aliphatic carbocycles. The molecule has 2 amide bonds. The zero-order valence-electron chi connectivity index (χ0n) is 18.7. The second kappa shape index (κ2) is 9.85. The van der Waals surface area contributed by atoms with E-state index in [1.807, 2.05) is 36.4 Å². The van der Waals surface area contributed by atoms with Crippen LogP contribution in [-0.2, 0) is 14.3 Å². The van der Waals surface area contributed by atoms with Gasteiger partial charge in [-0.05, 0) is 41.5 Å². The van der Waals surface area contributed by atoms with E-state index in [0.29, 0.717) is 6.42 Å². The van der Waals surface area contributed by atoms with Crippen LogP contribution in [0.5, 0.6) is 0 Å². The maximum Gasteiger partial charge on any atom is 0.407 e. The van der Waals surface area contributed by atoms with Crippen molar-refractivity contribution in [2.45, 2.75) is 57.5 Å². The van der Waals surface area contributed by atoms with Gasteiger partial charge >= 0.3 is 12.1 Å². The first-order valence-electron chi connectivity index (χ1n) is 11.0. The monoisotopic (exact) mass is 438 g/mol. The molecule has 0 saturated heterocycles. The van der Waals surface area contributed by atoms with E-state index in [1.54, 1.807) is 20.8 Å². The molecule has 0 fully saturated rings. The fourth-order valence-corrected chi connectivity index (χ4v) is 4.24. The van der Waals surface area contributed by atoms with Crippen LogP contribution in [0.4, 0.5) is 4.79 Å². The first kappa shape index (κ1) is 23.3. The van der Waals surface area contributed by atoms with Gasteiger partial charge in [-0.25, -0.2) is 9.59 Å². The summed E-state index contributed by atoms with van der Waals surface area (Å²) in [7, 11) is 0. The van der Waals surface area contributed by atoms with Crippen molar-refractivity contribution in [2.24, 2.45) is 0 Å². The number of fused-ring (bicyclic) bond motifs is 3. The second-order valence-electron chi connectivity index (χ2n) is 8.01. The molecule has 1 atom stereocenters. The van der Waals surface area contributed by atoms with Gasteiger partial charge < -0.3 is 20.5 Å². The Morgan fingerprint density at radius 1 is 0.969 bits per heavy atom. The summed E-state index contributed by atoms with van der Waals surface area (Å²) in [5.74, 6) is -1.71. The van der Waals surface area contributed by atoms with Crippen LogP contribution in [0.1, 0.15) is 57.1 Å². The molecule has 1 aliphatic rings. The third-order valence-corrected chi connectivity index (χ3v) is 6.34. The minimum absolute atomic E-state index is 0.0816. The lowest BCUT2D eigenvalue weighted by Crippen LogP contribution is -2.58. The molecule has 0 bridgehead atoms. The molecule has 0 unspecified atom stereocenters. The molecule has 32 heavy (non-hydrogen) atoms. The number of amides is 2. The Bertz CT molecular complexity index is 954. The molecule has 7 nitrogen and oxygen atoms in total. The molecule has 3 rings (SSSR count). The highest BCUT2D eigenvalue weighted by Gasteiger charge is 2.38. The molecule has 0 aromatic heterocycles. The molecular formula is C25H30N2O5. The van der Waals surface area contributed by atoms with E-state index in [4.69, 9.17) is 4.74 Å². The molecule has 2 aromatic carbocycles. The number of carboxylic acid groups (broad SMARTS) is 1. The molecule has 2 aromatic rings. The van der Waals surface area contributed by atoms with Crippen LogP contribution < -0.4 is 10.6 Å². The fraction of sp³-hybridized carbons (Fsp3) is 0.400. The van der Waals surface area contributed by atoms with Crippen molar-refractivity contribution in [3.63, 3.8) is 0 Å². The maximum absolute atomic E-state index is 12.7. The van der Waals surface area contributed by atoms with Crippen molar-refractivity contribution in [3.8, 4) is 11.1 Å².